The van der Waals surface area contributed by atoms with Crippen LogP contribution in [0.1, 0.15) is 29.2 Å². The number of carbonyl (C=O) groups excluding carboxylic acids is 2. The van der Waals surface area contributed by atoms with Gasteiger partial charge in [-0.15, -0.1) is 0 Å². The van der Waals surface area contributed by atoms with Crippen molar-refractivity contribution >= 4 is 27.5 Å². The number of benzene rings is 2. The molecule has 3 N–H and O–H groups in total. The zero-order valence-corrected chi connectivity index (χ0v) is 20.7. The van der Waals surface area contributed by atoms with Crippen molar-refractivity contribution in [2.24, 2.45) is 0 Å². The predicted octanol–water partition coefficient (Wildman–Crippen LogP) is 2.72. The van der Waals surface area contributed by atoms with Gasteiger partial charge in [-0.2, -0.15) is 26.3 Å². The molecule has 4 rings (SSSR count). The monoisotopic (exact) mass is 581 g/mol. The minimum absolute atomic E-state index is 0.116. The Bertz CT molecular complexity index is 1380. The minimum Gasteiger partial charge on any atom is -0.369 e. The molecule has 2 aromatic carbocycles. The molecule has 2 aliphatic heterocycles. The molecule has 0 spiro atoms. The number of carbonyl (C=O) groups is 2. The zero-order valence-electron chi connectivity index (χ0n) is 19.9. The molecule has 0 aromatic heterocycles. The summed E-state index contributed by atoms with van der Waals surface area (Å²) in [6.07, 6.45) is -12.6. The molecule has 212 valence electrons. The van der Waals surface area contributed by atoms with Crippen molar-refractivity contribution < 1.29 is 54.2 Å². The summed E-state index contributed by atoms with van der Waals surface area (Å²) in [5.41, 5.74) is -6.25. The standard InChI is InChI=1S/C23H21F6N3O6S/c1-30-39(36,37)15-6-7-16-12(10-15)11-32(20(34)17-8-9-38-17)18(16)19(33)31-14-4-2-13(3-5-14)21(35,22(24,25)26)23(27,28)29/h2-7,10,17-18,30,35H,8-9,11H2,1H3,(H,31,33). The summed E-state index contributed by atoms with van der Waals surface area (Å²) in [5.74, 6) is -1.41. The number of hydrogen-bond acceptors (Lipinski definition) is 6. The van der Waals surface area contributed by atoms with Crippen LogP contribution in [0, 0.1) is 0 Å². The molecule has 0 bridgehead atoms. The lowest BCUT2D eigenvalue weighted by Crippen LogP contribution is -2.53. The van der Waals surface area contributed by atoms with E-state index in [1.807, 2.05) is 0 Å². The Labute approximate surface area is 217 Å². The molecule has 1 saturated heterocycles. The average Bonchev–Trinajstić information content (AvgIpc) is 3.20. The molecule has 0 aliphatic carbocycles. The third-order valence-corrected chi connectivity index (χ3v) is 7.95. The van der Waals surface area contributed by atoms with Gasteiger partial charge in [0.15, 0.2) is 0 Å². The van der Waals surface area contributed by atoms with Gasteiger partial charge in [0, 0.05) is 24.2 Å². The van der Waals surface area contributed by atoms with Crippen molar-refractivity contribution in [2.75, 3.05) is 19.0 Å². The Morgan fingerprint density at radius 3 is 2.10 bits per heavy atom. The Kier molecular flexibility index (Phi) is 7.21. The maximum Gasteiger partial charge on any atom is 0.430 e. The molecule has 2 aliphatic rings. The van der Waals surface area contributed by atoms with Gasteiger partial charge in [0.2, 0.25) is 10.0 Å². The number of nitrogens with zero attached hydrogens (tertiary/aromatic N) is 1. The van der Waals surface area contributed by atoms with E-state index in [4.69, 9.17) is 4.74 Å². The van der Waals surface area contributed by atoms with Crippen LogP contribution >= 0.6 is 0 Å². The quantitative estimate of drug-likeness (QED) is 0.451. The lowest BCUT2D eigenvalue weighted by Gasteiger charge is -2.33. The Hall–Kier alpha value is -3.21. The summed E-state index contributed by atoms with van der Waals surface area (Å²) in [7, 11) is -2.64. The number of hydrogen-bond donors (Lipinski definition) is 3. The second-order valence-corrected chi connectivity index (χ2v) is 10.7. The number of fused-ring (bicyclic) bond motifs is 1. The summed E-state index contributed by atoms with van der Waals surface area (Å²) in [6, 6.07) is 4.80. The van der Waals surface area contributed by atoms with Crippen LogP contribution in [0.25, 0.3) is 0 Å². The molecule has 2 aromatic rings. The number of alkyl halides is 6. The van der Waals surface area contributed by atoms with Crippen molar-refractivity contribution in [1.82, 2.24) is 9.62 Å². The van der Waals surface area contributed by atoms with Crippen LogP contribution in [0.2, 0.25) is 0 Å². The highest BCUT2D eigenvalue weighted by Crippen LogP contribution is 2.50. The van der Waals surface area contributed by atoms with Crippen LogP contribution in [-0.2, 0) is 36.5 Å². The first-order valence-corrected chi connectivity index (χ1v) is 12.8. The molecular formula is C23H21F6N3O6S. The van der Waals surface area contributed by atoms with Gasteiger partial charge >= 0.3 is 12.4 Å². The Morgan fingerprint density at radius 1 is 1.03 bits per heavy atom. The zero-order chi connectivity index (χ0) is 29.0. The molecule has 2 heterocycles. The highest BCUT2D eigenvalue weighted by atomic mass is 32.2. The maximum atomic E-state index is 13.3. The minimum atomic E-state index is -6.08. The third-order valence-electron chi connectivity index (χ3n) is 6.54. The number of rotatable bonds is 6. The number of amides is 2. The van der Waals surface area contributed by atoms with Crippen molar-refractivity contribution in [1.29, 1.82) is 0 Å². The number of nitrogens with one attached hydrogen (secondary N) is 2. The highest BCUT2D eigenvalue weighted by Gasteiger charge is 2.71. The molecule has 16 heteroatoms. The van der Waals surface area contributed by atoms with Gasteiger partial charge in [-0.3, -0.25) is 9.59 Å². The van der Waals surface area contributed by atoms with E-state index in [2.05, 4.69) is 10.0 Å². The van der Waals surface area contributed by atoms with E-state index in [1.54, 1.807) is 0 Å². The number of sulfonamides is 1. The lowest BCUT2D eigenvalue weighted by atomic mass is 9.92. The van der Waals surface area contributed by atoms with Crippen LogP contribution in [0.4, 0.5) is 32.0 Å². The van der Waals surface area contributed by atoms with Crippen molar-refractivity contribution in [3.63, 3.8) is 0 Å². The summed E-state index contributed by atoms with van der Waals surface area (Å²) >= 11 is 0. The summed E-state index contributed by atoms with van der Waals surface area (Å²) in [5, 5.41) is 11.9. The second kappa shape index (κ2) is 9.76. The van der Waals surface area contributed by atoms with Crippen LogP contribution < -0.4 is 10.0 Å². The maximum absolute atomic E-state index is 13.3. The van der Waals surface area contributed by atoms with Crippen molar-refractivity contribution in [3.8, 4) is 0 Å². The second-order valence-electron chi connectivity index (χ2n) is 8.86. The van der Waals surface area contributed by atoms with Gasteiger partial charge in [0.1, 0.15) is 12.1 Å². The Balaban J connectivity index is 1.64. The van der Waals surface area contributed by atoms with E-state index < -0.39 is 57.5 Å². The van der Waals surface area contributed by atoms with Gasteiger partial charge in [-0.25, -0.2) is 13.1 Å². The topological polar surface area (TPSA) is 125 Å². The molecule has 2 unspecified atom stereocenters. The van der Waals surface area contributed by atoms with Crippen molar-refractivity contribution in [3.05, 3.63) is 59.2 Å². The van der Waals surface area contributed by atoms with Crippen molar-refractivity contribution in [2.45, 2.75) is 48.0 Å². The van der Waals surface area contributed by atoms with Gasteiger partial charge < -0.3 is 20.1 Å². The SMILES string of the molecule is CNS(=O)(=O)c1ccc2c(c1)CN(C(=O)C1CCO1)C2C(=O)Nc1ccc(C(O)(C(F)(F)F)C(F)(F)F)cc1. The van der Waals surface area contributed by atoms with Gasteiger partial charge in [0.25, 0.3) is 17.4 Å². The number of anilines is 1. The Morgan fingerprint density at radius 2 is 1.62 bits per heavy atom. The fourth-order valence-electron chi connectivity index (χ4n) is 4.31. The first-order chi connectivity index (χ1) is 18.0. The van der Waals surface area contributed by atoms with Crippen LogP contribution in [-0.4, -0.2) is 62.3 Å². The van der Waals surface area contributed by atoms with E-state index in [0.717, 1.165) is 17.0 Å². The molecule has 0 radical (unpaired) electrons. The van der Waals surface area contributed by atoms with E-state index >= 15 is 0 Å². The molecule has 2 amide bonds. The van der Waals surface area contributed by atoms with Crippen LogP contribution in [0.15, 0.2) is 47.4 Å². The predicted molar refractivity (Wildman–Crippen MR) is 121 cm³/mol. The number of aliphatic hydroxyl groups is 1. The fourth-order valence-corrected chi connectivity index (χ4v) is 5.09. The number of ether oxygens (including phenoxy) is 1. The first kappa shape index (κ1) is 28.8. The summed E-state index contributed by atoms with van der Waals surface area (Å²) in [4.78, 5) is 27.3. The average molecular weight is 581 g/mol. The van der Waals surface area contributed by atoms with E-state index in [-0.39, 0.29) is 22.7 Å². The molecule has 39 heavy (non-hydrogen) atoms. The molecule has 9 nitrogen and oxygen atoms in total. The molecular weight excluding hydrogens is 560 g/mol. The summed E-state index contributed by atoms with van der Waals surface area (Å²) < 4.78 is 111. The number of halogens is 6. The van der Waals surface area contributed by atoms with Crippen LogP contribution in [0.5, 0.6) is 0 Å². The van der Waals surface area contributed by atoms with Crippen LogP contribution in [0.3, 0.4) is 0 Å². The van der Waals surface area contributed by atoms with E-state index in [0.29, 0.717) is 30.7 Å². The molecule has 1 fully saturated rings. The van der Waals surface area contributed by atoms with Gasteiger partial charge in [0.05, 0.1) is 11.5 Å². The first-order valence-electron chi connectivity index (χ1n) is 11.3. The van der Waals surface area contributed by atoms with Gasteiger partial charge in [-0.1, -0.05) is 18.2 Å². The van der Waals surface area contributed by atoms with E-state index in [9.17, 15) is 49.5 Å². The molecule has 0 saturated carbocycles. The normalized spacial score (nSPS) is 19.8. The summed E-state index contributed by atoms with van der Waals surface area (Å²) in [6.45, 7) is 0.176. The highest BCUT2D eigenvalue weighted by molar-refractivity contribution is 7.89. The fraction of sp³-hybridized carbons (Fsp3) is 0.391. The van der Waals surface area contributed by atoms with Gasteiger partial charge in [-0.05, 0) is 42.4 Å². The van der Waals surface area contributed by atoms with E-state index in [1.165, 1.54) is 25.2 Å². The third kappa shape index (κ3) is 4.97. The lowest BCUT2D eigenvalue weighted by molar-refractivity contribution is -0.376. The molecule has 2 atom stereocenters. The smallest absolute Gasteiger partial charge is 0.369 e. The largest absolute Gasteiger partial charge is 0.430 e.